The normalized spacial score (nSPS) is 12.7. The van der Waals surface area contributed by atoms with Crippen LogP contribution in [0.3, 0.4) is 0 Å². The summed E-state index contributed by atoms with van der Waals surface area (Å²) in [6, 6.07) is 19.7. The van der Waals surface area contributed by atoms with Gasteiger partial charge in [-0.05, 0) is 55.2 Å². The zero-order valence-corrected chi connectivity index (χ0v) is 25.3. The summed E-state index contributed by atoms with van der Waals surface area (Å²) in [5, 5.41) is 3.40. The fourth-order valence-electron chi connectivity index (χ4n) is 4.82. The Morgan fingerprint density at radius 2 is 1.60 bits per heavy atom. The minimum absolute atomic E-state index is 0.0464. The number of hydrogen-bond acceptors (Lipinski definition) is 7. The van der Waals surface area contributed by atoms with Gasteiger partial charge in [-0.2, -0.15) is 0 Å². The fraction of sp³-hybridized carbons (Fsp3) is 0.273. The van der Waals surface area contributed by atoms with E-state index in [1.165, 1.54) is 22.7 Å². The van der Waals surface area contributed by atoms with Gasteiger partial charge in [0.15, 0.2) is 16.7 Å². The van der Waals surface area contributed by atoms with E-state index < -0.39 is 17.8 Å². The number of fused-ring (bicyclic) bond motifs is 1. The molecule has 8 nitrogen and oxygen atoms in total. The van der Waals surface area contributed by atoms with Crippen LogP contribution in [0, 0.1) is 19.7 Å². The van der Waals surface area contributed by atoms with Crippen molar-refractivity contribution >= 4 is 29.3 Å². The Labute approximate surface area is 254 Å². The molecule has 0 radical (unpaired) electrons. The molecule has 0 aliphatic carbocycles. The maximum atomic E-state index is 14.9. The predicted molar refractivity (Wildman–Crippen MR) is 164 cm³/mol. The van der Waals surface area contributed by atoms with Crippen LogP contribution in [0.2, 0.25) is 0 Å². The van der Waals surface area contributed by atoms with Crippen LogP contribution >= 0.6 is 11.8 Å². The third kappa shape index (κ3) is 7.32. The van der Waals surface area contributed by atoms with E-state index in [1.54, 1.807) is 36.4 Å². The molecule has 0 saturated carbocycles. The Balaban J connectivity index is 1.51. The highest BCUT2D eigenvalue weighted by molar-refractivity contribution is 7.99. The lowest BCUT2D eigenvalue weighted by Gasteiger charge is -2.32. The molecule has 0 fully saturated rings. The average Bonchev–Trinajstić information content (AvgIpc) is 3.44. The lowest BCUT2D eigenvalue weighted by Crippen LogP contribution is -2.42. The van der Waals surface area contributed by atoms with Gasteiger partial charge >= 0.3 is 0 Å². The number of hydrogen-bond donors (Lipinski definition) is 1. The quantitative estimate of drug-likeness (QED) is 0.162. The molecule has 0 spiro atoms. The smallest absolute Gasteiger partial charge is 0.251 e. The van der Waals surface area contributed by atoms with Gasteiger partial charge in [0, 0.05) is 35.2 Å². The zero-order chi connectivity index (χ0) is 30.5. The maximum absolute atomic E-state index is 14.9. The van der Waals surface area contributed by atoms with E-state index in [0.29, 0.717) is 33.5 Å². The van der Waals surface area contributed by atoms with E-state index in [0.717, 1.165) is 17.0 Å². The summed E-state index contributed by atoms with van der Waals surface area (Å²) in [6.07, 6.45) is 0. The number of aryl methyl sites for hydroxylation is 2. The first-order chi connectivity index (χ1) is 20.7. The van der Waals surface area contributed by atoms with Gasteiger partial charge in [0.2, 0.25) is 12.7 Å². The zero-order valence-electron chi connectivity index (χ0n) is 24.5. The van der Waals surface area contributed by atoms with Crippen LogP contribution in [0.5, 0.6) is 11.5 Å². The minimum Gasteiger partial charge on any atom is -0.454 e. The molecular formula is C33H33FN4O4S. The molecule has 3 aromatic carbocycles. The minimum atomic E-state index is -1.07. The maximum Gasteiger partial charge on any atom is 0.251 e. The highest BCUT2D eigenvalue weighted by Crippen LogP contribution is 2.35. The second-order valence-electron chi connectivity index (χ2n) is 10.6. The highest BCUT2D eigenvalue weighted by Gasteiger charge is 2.33. The Hall–Kier alpha value is -4.44. The molecule has 2 heterocycles. The molecule has 5 rings (SSSR count). The predicted octanol–water partition coefficient (Wildman–Crippen LogP) is 6.59. The van der Waals surface area contributed by atoms with E-state index in [1.807, 2.05) is 44.2 Å². The summed E-state index contributed by atoms with van der Waals surface area (Å²) >= 11 is 1.18. The van der Waals surface area contributed by atoms with Gasteiger partial charge in [-0.3, -0.25) is 9.59 Å². The lowest BCUT2D eigenvalue weighted by atomic mass is 9.97. The van der Waals surface area contributed by atoms with Crippen molar-refractivity contribution in [1.29, 1.82) is 0 Å². The van der Waals surface area contributed by atoms with Gasteiger partial charge in [-0.1, -0.05) is 68.1 Å². The van der Waals surface area contributed by atoms with Crippen molar-refractivity contribution < 1.29 is 23.5 Å². The number of nitrogens with zero attached hydrogens (tertiary/aromatic N) is 3. The van der Waals surface area contributed by atoms with Crippen molar-refractivity contribution in [3.63, 3.8) is 0 Å². The number of amides is 2. The summed E-state index contributed by atoms with van der Waals surface area (Å²) in [5.74, 6) is 0.0507. The van der Waals surface area contributed by atoms with E-state index >= 15 is 0 Å². The number of ether oxygens (including phenoxy) is 2. The molecule has 1 aromatic heterocycles. The van der Waals surface area contributed by atoms with Gasteiger partial charge < -0.3 is 19.7 Å². The molecule has 1 aliphatic rings. The van der Waals surface area contributed by atoms with Crippen molar-refractivity contribution in [3.8, 4) is 11.5 Å². The van der Waals surface area contributed by atoms with E-state index in [9.17, 15) is 14.0 Å². The molecule has 1 N–H and O–H groups in total. The molecule has 10 heteroatoms. The van der Waals surface area contributed by atoms with Gasteiger partial charge in [0.25, 0.3) is 5.91 Å². The van der Waals surface area contributed by atoms with E-state index in [-0.39, 0.29) is 30.9 Å². The van der Waals surface area contributed by atoms with Crippen LogP contribution < -0.4 is 14.8 Å². The van der Waals surface area contributed by atoms with Crippen molar-refractivity contribution in [3.05, 3.63) is 107 Å². The van der Waals surface area contributed by atoms with Gasteiger partial charge in [0.1, 0.15) is 11.9 Å². The number of carbonyl (C=O) groups excluding carboxylic acids is 2. The van der Waals surface area contributed by atoms with Crippen LogP contribution in [0.4, 0.5) is 10.1 Å². The van der Waals surface area contributed by atoms with Gasteiger partial charge in [0.05, 0.1) is 5.75 Å². The van der Waals surface area contributed by atoms with Crippen molar-refractivity contribution in [1.82, 2.24) is 14.9 Å². The number of halogens is 1. The number of rotatable bonds is 10. The van der Waals surface area contributed by atoms with Crippen LogP contribution in [-0.4, -0.2) is 39.2 Å². The van der Waals surface area contributed by atoms with Gasteiger partial charge in [-0.15, -0.1) is 0 Å². The summed E-state index contributed by atoms with van der Waals surface area (Å²) in [4.78, 5) is 38.4. The molecule has 1 unspecified atom stereocenters. The largest absolute Gasteiger partial charge is 0.454 e. The number of anilines is 1. The van der Waals surface area contributed by atoms with Gasteiger partial charge in [-0.25, -0.2) is 14.4 Å². The first-order valence-corrected chi connectivity index (χ1v) is 14.9. The molecule has 0 bridgehead atoms. The van der Waals surface area contributed by atoms with Crippen molar-refractivity contribution in [2.45, 2.75) is 51.4 Å². The Kier molecular flexibility index (Phi) is 9.25. The Morgan fingerprint density at radius 3 is 2.30 bits per heavy atom. The van der Waals surface area contributed by atoms with Crippen molar-refractivity contribution in [2.75, 3.05) is 17.9 Å². The number of benzene rings is 3. The Bertz CT molecular complexity index is 1610. The number of thioether (sulfide) groups is 1. The molecule has 222 valence electrons. The first kappa shape index (κ1) is 30.0. The highest BCUT2D eigenvalue weighted by atomic mass is 32.2. The third-order valence-electron chi connectivity index (χ3n) is 7.02. The van der Waals surface area contributed by atoms with Crippen molar-refractivity contribution in [2.24, 2.45) is 0 Å². The first-order valence-electron chi connectivity index (χ1n) is 14.0. The van der Waals surface area contributed by atoms with E-state index in [4.69, 9.17) is 9.47 Å². The lowest BCUT2D eigenvalue weighted by molar-refractivity contribution is -0.137. The van der Waals surface area contributed by atoms with Crippen LogP contribution in [0.1, 0.15) is 53.9 Å². The molecule has 2 amide bonds. The monoisotopic (exact) mass is 600 g/mol. The Morgan fingerprint density at radius 1 is 0.930 bits per heavy atom. The molecular weight excluding hydrogens is 567 g/mol. The summed E-state index contributed by atoms with van der Waals surface area (Å²) < 4.78 is 25.8. The SMILES string of the molecule is Cc1cc(C)nc(SCC(=O)N(Cc2ccccc2F)C(C(=O)Nc2ccc3c(c2)OCO3)c2ccc(C(C)C)cc2)n1. The number of nitrogens with one attached hydrogen (secondary N) is 1. The molecule has 4 aromatic rings. The van der Waals surface area contributed by atoms with E-state index in [2.05, 4.69) is 29.1 Å². The third-order valence-corrected chi connectivity index (χ3v) is 7.86. The van der Waals surface area contributed by atoms with Crippen LogP contribution in [0.25, 0.3) is 0 Å². The number of carbonyl (C=O) groups is 2. The molecule has 0 saturated heterocycles. The summed E-state index contributed by atoms with van der Waals surface area (Å²) in [7, 11) is 0. The molecule has 43 heavy (non-hydrogen) atoms. The standard InChI is InChI=1S/C33H33FN4O4S/c1-20(2)23-9-11-24(12-10-23)31(32(40)37-26-13-14-28-29(16-26)42-19-41-28)38(17-25-7-5-6-8-27(25)34)30(39)18-43-33-35-21(3)15-22(4)36-33/h5-16,20,31H,17-19H2,1-4H3,(H,37,40). The second kappa shape index (κ2) is 13.2. The van der Waals surface area contributed by atoms with Crippen LogP contribution in [-0.2, 0) is 16.1 Å². The van der Waals surface area contributed by atoms with Crippen LogP contribution in [0.15, 0.2) is 78.0 Å². The average molecular weight is 601 g/mol. The topological polar surface area (TPSA) is 93.7 Å². The summed E-state index contributed by atoms with van der Waals surface area (Å²) in [5.41, 5.74) is 4.04. The fourth-order valence-corrected chi connectivity index (χ4v) is 5.66. The molecule has 1 aliphatic heterocycles. The summed E-state index contributed by atoms with van der Waals surface area (Å²) in [6.45, 7) is 7.87. The number of aromatic nitrogens is 2. The second-order valence-corrected chi connectivity index (χ2v) is 11.6. The molecule has 1 atom stereocenters.